The average molecular weight is 1310 g/mol. The molecule has 17 N–H and O–H groups in total. The minimum Gasteiger partial charge on any atom is -0.492 e. The van der Waals surface area contributed by atoms with Crippen molar-refractivity contribution in [3.05, 3.63) is 66.2 Å². The number of nitrogens with zero attached hydrogens (tertiary/aromatic N) is 1. The molecule has 0 saturated carbocycles. The SMILES string of the molecule is C[C@@H]1O[C@@H](OCCNC(=O)[C@H](CC(=O)NCCCC[C@@H](C(=O)NCCO[C@H]2O[C@H](CO)[C@@H](O)[C@H](O)[C@@H]2O)N(CC(=O)NCCOc2ccccc2)CC(=O)NCCO[C@H]2O[C@H](CO)[C@@H](O)[C@H](O)[C@@H]2O)NC(=O)CCCCC(=O)OCc2ccccc2)[C@@H](O)[C@H](O)[C@@H]1O. The third kappa shape index (κ3) is 25.6. The fourth-order valence-electron chi connectivity index (χ4n) is 9.77. The first-order valence-electron chi connectivity index (χ1n) is 30.5. The third-order valence-electron chi connectivity index (χ3n) is 15.0. The zero-order valence-electron chi connectivity index (χ0n) is 51.1. The molecule has 0 aliphatic carbocycles. The Labute approximate surface area is 530 Å². The number of amides is 6. The van der Waals surface area contributed by atoms with Gasteiger partial charge in [-0.3, -0.25) is 38.5 Å². The van der Waals surface area contributed by atoms with E-state index in [2.05, 4.69) is 31.9 Å². The number of ether oxygens (including phenoxy) is 8. The summed E-state index contributed by atoms with van der Waals surface area (Å²) in [6.45, 7) is -2.80. The lowest BCUT2D eigenvalue weighted by Gasteiger charge is -2.39. The second-order valence-corrected chi connectivity index (χ2v) is 22.1. The molecule has 0 radical (unpaired) electrons. The lowest BCUT2D eigenvalue weighted by molar-refractivity contribution is -0.300. The largest absolute Gasteiger partial charge is 0.492 e. The van der Waals surface area contributed by atoms with Crippen LogP contribution < -0.4 is 36.6 Å². The molecule has 5 rings (SSSR count). The Kier molecular flexibility index (Phi) is 33.9. The first-order valence-corrected chi connectivity index (χ1v) is 30.5. The van der Waals surface area contributed by atoms with Gasteiger partial charge in [0.1, 0.15) is 92.1 Å². The van der Waals surface area contributed by atoms with Crippen LogP contribution in [0.3, 0.4) is 0 Å². The fraction of sp³-hybridized carbons (Fsp3) is 0.678. The second-order valence-electron chi connectivity index (χ2n) is 22.1. The molecule has 2 aromatic rings. The molecule has 6 amide bonds. The molecule has 518 valence electrons. The lowest BCUT2D eigenvalue weighted by atomic mass is 9.99. The van der Waals surface area contributed by atoms with Gasteiger partial charge in [0.15, 0.2) is 18.9 Å². The van der Waals surface area contributed by atoms with Gasteiger partial charge < -0.3 is 126 Å². The van der Waals surface area contributed by atoms with E-state index in [1.54, 1.807) is 54.6 Å². The summed E-state index contributed by atoms with van der Waals surface area (Å²) < 4.78 is 43.7. The molecule has 0 aromatic heterocycles. The maximum Gasteiger partial charge on any atom is 0.306 e. The number of hydrogen-bond donors (Lipinski definition) is 17. The van der Waals surface area contributed by atoms with Crippen LogP contribution >= 0.6 is 0 Å². The predicted octanol–water partition coefficient (Wildman–Crippen LogP) is -6.86. The van der Waals surface area contributed by atoms with Gasteiger partial charge in [0.05, 0.1) is 71.2 Å². The zero-order chi connectivity index (χ0) is 67.1. The minimum atomic E-state index is -1.75. The standard InChI is InChI=1S/C59H91N7O26/c1-34-46(74)49(77)52(80)57(90-34)86-26-22-63-55(83)37(65-41(69)17-8-9-18-45(73)89-33-35-12-4-2-5-13-35)28-42(70)60-19-11-10-16-38(56(84)64-23-27-88-59-54(82)51(79)48(76)40(32-68)92-59)66(29-43(71)61-20-24-85-36-14-6-3-7-15-36)30-44(72)62-21-25-87-58-53(81)50(78)47(75)39(31-67)91-58/h2-7,12-15,34,37-40,46-54,57-59,67-68,74-82H,8-11,16-33H2,1H3,(H,60,70)(H,61,71)(H,62,72)(H,63,83)(H,64,84)(H,65,69)/t34-,37-,38-,39+,40+,46+,47+,48+,49+,50-,51-,52-,53-,54-,57+,58-,59-/m0/s1. The molecule has 3 aliphatic rings. The Hall–Kier alpha value is -6.19. The molecule has 3 aliphatic heterocycles. The number of rotatable bonds is 40. The Bertz CT molecular complexity index is 2530. The highest BCUT2D eigenvalue weighted by atomic mass is 16.7. The summed E-state index contributed by atoms with van der Waals surface area (Å²) in [4.78, 5) is 95.7. The highest BCUT2D eigenvalue weighted by Crippen LogP contribution is 2.25. The number of aliphatic hydroxyl groups excluding tert-OH is 11. The summed E-state index contributed by atoms with van der Waals surface area (Å²) in [6.07, 6.45) is -22.7. The summed E-state index contributed by atoms with van der Waals surface area (Å²) in [5, 5.41) is 127. The molecule has 0 unspecified atom stereocenters. The number of carbonyl (C=O) groups is 7. The first-order chi connectivity index (χ1) is 44.1. The van der Waals surface area contributed by atoms with Gasteiger partial charge in [0.25, 0.3) is 0 Å². The number of carbonyl (C=O) groups excluding carboxylic acids is 7. The highest BCUT2D eigenvalue weighted by molar-refractivity contribution is 5.92. The molecule has 0 bridgehead atoms. The third-order valence-corrected chi connectivity index (χ3v) is 15.0. The molecule has 3 fully saturated rings. The van der Waals surface area contributed by atoms with Crippen LogP contribution in [0.15, 0.2) is 60.7 Å². The van der Waals surface area contributed by atoms with Gasteiger partial charge in [-0.25, -0.2) is 0 Å². The van der Waals surface area contributed by atoms with Crippen LogP contribution in [0.2, 0.25) is 0 Å². The van der Waals surface area contributed by atoms with E-state index < -0.39 is 178 Å². The Morgan fingerprint density at radius 1 is 0.500 bits per heavy atom. The lowest BCUT2D eigenvalue weighted by Crippen LogP contribution is -2.59. The van der Waals surface area contributed by atoms with Crippen molar-refractivity contribution in [2.75, 3.05) is 85.5 Å². The van der Waals surface area contributed by atoms with Crippen LogP contribution in [0.5, 0.6) is 5.75 Å². The second kappa shape index (κ2) is 40.8. The van der Waals surface area contributed by atoms with Crippen LogP contribution in [0.25, 0.3) is 0 Å². The molecule has 92 heavy (non-hydrogen) atoms. The van der Waals surface area contributed by atoms with E-state index in [9.17, 15) is 89.7 Å². The number of benzene rings is 2. The number of para-hydroxylation sites is 1. The van der Waals surface area contributed by atoms with Crippen molar-refractivity contribution < 1.29 is 128 Å². The Balaban J connectivity index is 1.23. The van der Waals surface area contributed by atoms with E-state index in [1.807, 2.05) is 6.07 Å². The predicted molar refractivity (Wildman–Crippen MR) is 315 cm³/mol. The van der Waals surface area contributed by atoms with Gasteiger partial charge in [-0.1, -0.05) is 48.5 Å². The molecule has 0 spiro atoms. The number of esters is 1. The molecule has 33 heteroatoms. The van der Waals surface area contributed by atoms with Gasteiger partial charge in [-0.05, 0) is 56.7 Å². The molecule has 17 atom stereocenters. The monoisotopic (exact) mass is 1310 g/mol. The minimum absolute atomic E-state index is 0.00188. The van der Waals surface area contributed by atoms with Crippen molar-refractivity contribution in [1.82, 2.24) is 36.8 Å². The Morgan fingerprint density at radius 2 is 0.978 bits per heavy atom. The topological polar surface area (TPSA) is 491 Å². The summed E-state index contributed by atoms with van der Waals surface area (Å²) in [7, 11) is 0. The van der Waals surface area contributed by atoms with E-state index in [1.165, 1.54) is 11.8 Å². The van der Waals surface area contributed by atoms with Crippen LogP contribution in [-0.2, 0) is 73.3 Å². The molecule has 2 aromatic carbocycles. The molecule has 33 nitrogen and oxygen atoms in total. The van der Waals surface area contributed by atoms with Crippen LogP contribution in [-0.4, -0.2) is 292 Å². The van der Waals surface area contributed by atoms with Gasteiger partial charge in [0.2, 0.25) is 35.4 Å². The van der Waals surface area contributed by atoms with Gasteiger partial charge in [0, 0.05) is 39.0 Å². The van der Waals surface area contributed by atoms with Crippen molar-refractivity contribution in [2.24, 2.45) is 0 Å². The Morgan fingerprint density at radius 3 is 1.53 bits per heavy atom. The van der Waals surface area contributed by atoms with E-state index >= 15 is 0 Å². The van der Waals surface area contributed by atoms with Crippen molar-refractivity contribution in [3.63, 3.8) is 0 Å². The normalized spacial score (nSPS) is 27.0. The van der Waals surface area contributed by atoms with Gasteiger partial charge in [-0.2, -0.15) is 0 Å². The van der Waals surface area contributed by atoms with Crippen molar-refractivity contribution in [3.8, 4) is 5.75 Å². The van der Waals surface area contributed by atoms with E-state index in [-0.39, 0.29) is 111 Å². The summed E-state index contributed by atoms with van der Waals surface area (Å²) in [6, 6.07) is 15.0. The van der Waals surface area contributed by atoms with Crippen LogP contribution in [0, 0.1) is 0 Å². The van der Waals surface area contributed by atoms with E-state index in [4.69, 9.17) is 37.9 Å². The van der Waals surface area contributed by atoms with Gasteiger partial charge in [-0.15, -0.1) is 0 Å². The maximum absolute atomic E-state index is 14.3. The number of hydrogen-bond acceptors (Lipinski definition) is 27. The van der Waals surface area contributed by atoms with Crippen molar-refractivity contribution >= 4 is 41.4 Å². The number of nitrogens with one attached hydrogen (secondary N) is 6. The summed E-state index contributed by atoms with van der Waals surface area (Å²) >= 11 is 0. The van der Waals surface area contributed by atoms with Crippen molar-refractivity contribution in [2.45, 2.75) is 169 Å². The van der Waals surface area contributed by atoms with Gasteiger partial charge >= 0.3 is 5.97 Å². The number of unbranched alkanes of at least 4 members (excludes halogenated alkanes) is 2. The smallest absolute Gasteiger partial charge is 0.306 e. The number of aliphatic hydroxyl groups is 11. The van der Waals surface area contributed by atoms with E-state index in [0.717, 1.165) is 5.56 Å². The van der Waals surface area contributed by atoms with E-state index in [0.29, 0.717) is 5.75 Å². The fourth-order valence-corrected chi connectivity index (χ4v) is 9.77. The first kappa shape index (κ1) is 76.5. The molecular weight excluding hydrogens is 1220 g/mol. The maximum atomic E-state index is 14.3. The molecular formula is C59H91N7O26. The summed E-state index contributed by atoms with van der Waals surface area (Å²) in [5.41, 5.74) is 0.798. The van der Waals surface area contributed by atoms with Crippen LogP contribution in [0.1, 0.15) is 63.9 Å². The summed E-state index contributed by atoms with van der Waals surface area (Å²) in [5.74, 6) is -4.18. The molecule has 3 saturated heterocycles. The highest BCUT2D eigenvalue weighted by Gasteiger charge is 2.46. The van der Waals surface area contributed by atoms with Crippen molar-refractivity contribution in [1.29, 1.82) is 0 Å². The average Bonchev–Trinajstić information content (AvgIpc) is 1.02. The van der Waals surface area contributed by atoms with Crippen LogP contribution in [0.4, 0.5) is 0 Å². The zero-order valence-corrected chi connectivity index (χ0v) is 51.1. The molecule has 3 heterocycles. The quantitative estimate of drug-likeness (QED) is 0.0218.